The summed E-state index contributed by atoms with van der Waals surface area (Å²) in [6, 6.07) is 27.5. The van der Waals surface area contributed by atoms with Crippen LogP contribution in [0.15, 0.2) is 106 Å². The maximum Gasteiger partial charge on any atom is 0.344 e. The summed E-state index contributed by atoms with van der Waals surface area (Å²) in [6.07, 6.45) is 1.48. The second-order valence-electron chi connectivity index (χ2n) is 7.52. The number of esters is 1. The van der Waals surface area contributed by atoms with Crippen molar-refractivity contribution in [1.29, 1.82) is 0 Å². The molecule has 0 fully saturated rings. The smallest absolute Gasteiger partial charge is 0.344 e. The first-order chi connectivity index (χ1) is 17.2. The number of fused-ring (bicyclic) bond motifs is 2. The molecule has 1 N–H and O–H groups in total. The zero-order valence-electron chi connectivity index (χ0n) is 18.4. The molecule has 1 aromatic heterocycles. The van der Waals surface area contributed by atoms with E-state index in [1.54, 1.807) is 30.3 Å². The highest BCUT2D eigenvalue weighted by molar-refractivity contribution is 7.99. The van der Waals surface area contributed by atoms with Gasteiger partial charge in [0.25, 0.3) is 11.1 Å². The maximum absolute atomic E-state index is 12.8. The molecule has 0 aliphatic heterocycles. The number of hydrogen-bond acceptors (Lipinski definition) is 7. The lowest BCUT2D eigenvalue weighted by Crippen LogP contribution is -2.19. The predicted octanol–water partition coefficient (Wildman–Crippen LogP) is 5.44. The van der Waals surface area contributed by atoms with E-state index in [1.807, 2.05) is 60.7 Å². The fourth-order valence-corrected chi connectivity index (χ4v) is 4.11. The molecule has 0 saturated heterocycles. The minimum Gasteiger partial charge on any atom is -0.431 e. The van der Waals surface area contributed by atoms with Crippen LogP contribution in [0.2, 0.25) is 0 Å². The molecule has 1 heterocycles. The number of carbonyl (C=O) groups is 2. The topological polar surface area (TPSA) is 93.8 Å². The molecule has 172 valence electrons. The number of para-hydroxylation sites is 2. The van der Waals surface area contributed by atoms with Gasteiger partial charge in [-0.1, -0.05) is 72.4 Å². The first-order valence-corrected chi connectivity index (χ1v) is 11.7. The first-order valence-electron chi connectivity index (χ1n) is 10.8. The first kappa shape index (κ1) is 22.4. The Morgan fingerprint density at radius 2 is 1.77 bits per heavy atom. The van der Waals surface area contributed by atoms with Gasteiger partial charge in [-0.15, -0.1) is 0 Å². The number of amides is 1. The van der Waals surface area contributed by atoms with Crippen molar-refractivity contribution in [2.75, 3.05) is 5.75 Å². The lowest BCUT2D eigenvalue weighted by atomic mass is 10.0. The van der Waals surface area contributed by atoms with E-state index in [0.29, 0.717) is 27.7 Å². The van der Waals surface area contributed by atoms with Gasteiger partial charge in [-0.05, 0) is 46.7 Å². The Kier molecular flexibility index (Phi) is 6.54. The Labute approximate surface area is 204 Å². The Morgan fingerprint density at radius 1 is 0.971 bits per heavy atom. The largest absolute Gasteiger partial charge is 0.431 e. The highest BCUT2D eigenvalue weighted by Crippen LogP contribution is 2.23. The van der Waals surface area contributed by atoms with Crippen LogP contribution in [0.25, 0.3) is 21.9 Å². The summed E-state index contributed by atoms with van der Waals surface area (Å²) in [7, 11) is 0. The molecule has 7 nitrogen and oxygen atoms in total. The van der Waals surface area contributed by atoms with E-state index in [1.165, 1.54) is 18.0 Å². The van der Waals surface area contributed by atoms with E-state index in [-0.39, 0.29) is 11.7 Å². The third-order valence-corrected chi connectivity index (χ3v) is 5.91. The highest BCUT2D eigenvalue weighted by atomic mass is 32.2. The van der Waals surface area contributed by atoms with Gasteiger partial charge in [-0.2, -0.15) is 5.10 Å². The van der Waals surface area contributed by atoms with Crippen molar-refractivity contribution in [2.45, 2.75) is 5.22 Å². The highest BCUT2D eigenvalue weighted by Gasteiger charge is 2.12. The average molecular weight is 482 g/mol. The van der Waals surface area contributed by atoms with Crippen LogP contribution >= 0.6 is 11.8 Å². The zero-order valence-corrected chi connectivity index (χ0v) is 19.2. The van der Waals surface area contributed by atoms with Gasteiger partial charge in [-0.25, -0.2) is 15.2 Å². The molecule has 0 bridgehead atoms. The van der Waals surface area contributed by atoms with Gasteiger partial charge in [0.15, 0.2) is 5.58 Å². The molecular weight excluding hydrogens is 462 g/mol. The summed E-state index contributed by atoms with van der Waals surface area (Å²) in [5.41, 5.74) is 5.05. The van der Waals surface area contributed by atoms with Crippen molar-refractivity contribution < 1.29 is 18.7 Å². The quantitative estimate of drug-likeness (QED) is 0.109. The summed E-state index contributed by atoms with van der Waals surface area (Å²) < 4.78 is 11.2. The van der Waals surface area contributed by atoms with Crippen LogP contribution in [-0.2, 0) is 4.79 Å². The zero-order chi connectivity index (χ0) is 24.0. The molecule has 1 amide bonds. The van der Waals surface area contributed by atoms with Crippen LogP contribution in [0.4, 0.5) is 0 Å². The Bertz CT molecular complexity index is 1520. The number of nitrogens with zero attached hydrogens (tertiary/aromatic N) is 2. The standard InChI is InChI=1S/C27H19N3O4S/c31-25(17-35-27-29-23-13-3-4-14-24(23)34-27)30-28-16-18-7-5-10-20(15-18)33-26(32)22-12-6-9-19-8-1-2-11-21(19)22/h1-16H,17H2,(H,30,31)/b28-16-. The summed E-state index contributed by atoms with van der Waals surface area (Å²) in [6.45, 7) is 0. The Morgan fingerprint density at radius 3 is 2.69 bits per heavy atom. The maximum atomic E-state index is 12.8. The third kappa shape index (κ3) is 5.39. The van der Waals surface area contributed by atoms with Gasteiger partial charge in [0.05, 0.1) is 17.5 Å². The van der Waals surface area contributed by atoms with E-state index < -0.39 is 5.97 Å². The van der Waals surface area contributed by atoms with E-state index in [0.717, 1.165) is 16.3 Å². The van der Waals surface area contributed by atoms with E-state index in [9.17, 15) is 9.59 Å². The molecule has 0 spiro atoms. The monoisotopic (exact) mass is 481 g/mol. The molecule has 0 atom stereocenters. The number of hydrazone groups is 1. The molecule has 35 heavy (non-hydrogen) atoms. The van der Waals surface area contributed by atoms with Gasteiger partial charge < -0.3 is 9.15 Å². The van der Waals surface area contributed by atoms with Gasteiger partial charge in [0, 0.05) is 0 Å². The molecule has 8 heteroatoms. The van der Waals surface area contributed by atoms with Gasteiger partial charge in [-0.3, -0.25) is 4.79 Å². The predicted molar refractivity (Wildman–Crippen MR) is 136 cm³/mol. The van der Waals surface area contributed by atoms with Crippen LogP contribution in [0.5, 0.6) is 5.75 Å². The Hall–Kier alpha value is -4.43. The second-order valence-corrected chi connectivity index (χ2v) is 8.44. The summed E-state index contributed by atoms with van der Waals surface area (Å²) in [5.74, 6) is -0.260. The molecular formula is C27H19N3O4S. The van der Waals surface area contributed by atoms with Crippen LogP contribution < -0.4 is 10.2 Å². The molecule has 0 aliphatic carbocycles. The van der Waals surface area contributed by atoms with E-state index >= 15 is 0 Å². The lowest BCUT2D eigenvalue weighted by Gasteiger charge is -2.07. The normalized spacial score (nSPS) is 11.2. The number of thioether (sulfide) groups is 1. The van der Waals surface area contributed by atoms with Gasteiger partial charge in [0.2, 0.25) is 0 Å². The number of benzene rings is 4. The van der Waals surface area contributed by atoms with Crippen LogP contribution in [-0.4, -0.2) is 28.8 Å². The van der Waals surface area contributed by atoms with Crippen LogP contribution in [0, 0.1) is 0 Å². The van der Waals surface area contributed by atoms with Crippen molar-refractivity contribution in [3.05, 3.63) is 102 Å². The number of rotatable bonds is 7. The van der Waals surface area contributed by atoms with Gasteiger partial charge >= 0.3 is 5.97 Å². The molecule has 0 radical (unpaired) electrons. The average Bonchev–Trinajstić information content (AvgIpc) is 3.30. The lowest BCUT2D eigenvalue weighted by molar-refractivity contribution is -0.118. The van der Waals surface area contributed by atoms with E-state index in [2.05, 4.69) is 15.5 Å². The molecule has 5 rings (SSSR count). The van der Waals surface area contributed by atoms with Gasteiger partial charge in [0.1, 0.15) is 11.3 Å². The molecule has 0 saturated carbocycles. The van der Waals surface area contributed by atoms with Crippen molar-refractivity contribution in [2.24, 2.45) is 5.10 Å². The second kappa shape index (κ2) is 10.2. The summed E-state index contributed by atoms with van der Waals surface area (Å²) >= 11 is 1.19. The fourth-order valence-electron chi connectivity index (χ4n) is 3.47. The SMILES string of the molecule is O=C(CSc1nc2ccccc2o1)N/N=C\c1cccc(OC(=O)c2cccc3ccccc23)c1. The third-order valence-electron chi connectivity index (χ3n) is 5.08. The van der Waals surface area contributed by atoms with Crippen molar-refractivity contribution in [1.82, 2.24) is 10.4 Å². The van der Waals surface area contributed by atoms with Crippen molar-refractivity contribution in [3.8, 4) is 5.75 Å². The fraction of sp³-hybridized carbons (Fsp3) is 0.0370. The van der Waals surface area contributed by atoms with E-state index in [4.69, 9.17) is 9.15 Å². The Balaban J connectivity index is 1.17. The summed E-state index contributed by atoms with van der Waals surface area (Å²) in [5, 5.41) is 6.20. The molecule has 0 aliphatic rings. The number of ether oxygens (including phenoxy) is 1. The number of carbonyl (C=O) groups excluding carboxylic acids is 2. The number of nitrogens with one attached hydrogen (secondary N) is 1. The van der Waals surface area contributed by atoms with Crippen LogP contribution in [0.1, 0.15) is 15.9 Å². The molecule has 4 aromatic carbocycles. The number of oxazole rings is 1. The summed E-state index contributed by atoms with van der Waals surface area (Å²) in [4.78, 5) is 29.2. The number of aromatic nitrogens is 1. The molecule has 5 aromatic rings. The molecule has 0 unspecified atom stereocenters. The van der Waals surface area contributed by atoms with Crippen molar-refractivity contribution >= 4 is 51.7 Å². The minimum atomic E-state index is -0.444. The minimum absolute atomic E-state index is 0.104. The number of hydrogen-bond donors (Lipinski definition) is 1. The van der Waals surface area contributed by atoms with Crippen LogP contribution in [0.3, 0.4) is 0 Å². The van der Waals surface area contributed by atoms with Crippen molar-refractivity contribution in [3.63, 3.8) is 0 Å².